The first kappa shape index (κ1) is 22.7. The van der Waals surface area contributed by atoms with Crippen LogP contribution in [-0.4, -0.2) is 44.8 Å². The van der Waals surface area contributed by atoms with Crippen molar-refractivity contribution in [1.29, 1.82) is 0 Å². The largest absolute Gasteiger partial charge is 1.00 e. The van der Waals surface area contributed by atoms with E-state index in [4.69, 9.17) is 30.1 Å². The van der Waals surface area contributed by atoms with Crippen LogP contribution in [0.2, 0.25) is 0 Å². The van der Waals surface area contributed by atoms with Gasteiger partial charge in [0.25, 0.3) is 0 Å². The van der Waals surface area contributed by atoms with Crippen LogP contribution in [0.1, 0.15) is 2.85 Å². The fourth-order valence-corrected chi connectivity index (χ4v) is 0. The summed E-state index contributed by atoms with van der Waals surface area (Å²) in [6, 6.07) is 0. The number of rotatable bonds is 0. The Balaban J connectivity index is -0.0000000112. The molecule has 0 amide bonds. The van der Waals surface area contributed by atoms with E-state index >= 15 is 0 Å². The maximum absolute atomic E-state index is 7.17. The molecule has 52 valence electrons. The van der Waals surface area contributed by atoms with Crippen molar-refractivity contribution in [1.82, 2.24) is 0 Å². The topological polar surface area (TPSA) is 121 Å². The van der Waals surface area contributed by atoms with Crippen LogP contribution >= 0.6 is 0 Å². The van der Waals surface area contributed by atoms with Crippen molar-refractivity contribution in [3.63, 3.8) is 0 Å². The Hall–Kier alpha value is 1.89. The first-order valence-electron chi connectivity index (χ1n) is 1.55. The summed E-state index contributed by atoms with van der Waals surface area (Å²) in [5.74, 6) is 0. The van der Waals surface area contributed by atoms with Gasteiger partial charge < -0.3 is 33.0 Å². The van der Waals surface area contributed by atoms with E-state index in [1.165, 1.54) is 0 Å². The molecule has 0 aromatic rings. The van der Waals surface area contributed by atoms with E-state index in [0.717, 1.165) is 0 Å². The molecule has 0 bridgehead atoms. The molecule has 10 heteroatoms. The van der Waals surface area contributed by atoms with E-state index < -0.39 is 14.6 Å². The summed E-state index contributed by atoms with van der Waals surface area (Å²) in [5, 5.41) is 43.0. The minimum atomic E-state index is -2.17. The Bertz CT molecular complexity index is 37.0. The van der Waals surface area contributed by atoms with E-state index in [1.54, 1.807) is 0 Å². The van der Waals surface area contributed by atoms with Crippen molar-refractivity contribution in [2.75, 3.05) is 0 Å². The molecule has 6 N–H and O–H groups in total. The molecule has 6 nitrogen and oxygen atoms in total. The van der Waals surface area contributed by atoms with E-state index in [9.17, 15) is 0 Å². The van der Waals surface area contributed by atoms with E-state index in [-0.39, 0.29) is 62.0 Å². The van der Waals surface area contributed by atoms with Crippen LogP contribution in [0.25, 0.3) is 0 Å². The fourth-order valence-electron chi connectivity index (χ4n) is 0. The molecule has 0 heterocycles. The second-order valence-corrected chi connectivity index (χ2v) is 0.693. The van der Waals surface area contributed by atoms with Crippen molar-refractivity contribution in [3.05, 3.63) is 0 Å². The van der Waals surface area contributed by atoms with Crippen molar-refractivity contribution in [2.24, 2.45) is 0 Å². The molecule has 0 spiro atoms. The summed E-state index contributed by atoms with van der Waals surface area (Å²) in [4.78, 5) is 0. The van der Waals surface area contributed by atoms with Gasteiger partial charge in [-0.1, -0.05) is 0 Å². The van der Waals surface area contributed by atoms with Crippen molar-refractivity contribution >= 4 is 14.6 Å². The third-order valence-corrected chi connectivity index (χ3v) is 0. The Morgan fingerprint density at radius 2 is 0.600 bits per heavy atom. The second kappa shape index (κ2) is 17.1. The van der Waals surface area contributed by atoms with Gasteiger partial charge in [-0.2, -0.15) is 0 Å². The van der Waals surface area contributed by atoms with Crippen LogP contribution in [-0.2, 0) is 0 Å². The summed E-state index contributed by atoms with van der Waals surface area (Å²) in [5.41, 5.74) is 0. The maximum atomic E-state index is 7.17. The Labute approximate surface area is 106 Å². The predicted octanol–water partition coefficient (Wildman–Crippen LogP) is -9.87. The van der Waals surface area contributed by atoms with Crippen molar-refractivity contribution in [2.45, 2.75) is 0 Å². The zero-order valence-electron chi connectivity index (χ0n) is 7.84. The van der Waals surface area contributed by atoms with E-state index in [1.807, 2.05) is 0 Å². The molecule has 0 saturated heterocycles. The van der Waals surface area contributed by atoms with Gasteiger partial charge in [-0.15, -0.1) is 0 Å². The molecule has 0 unspecified atom stereocenters. The van der Waals surface area contributed by atoms with Gasteiger partial charge in [0.15, 0.2) is 0 Å². The third kappa shape index (κ3) is 219. The van der Waals surface area contributed by atoms with Gasteiger partial charge in [-0.05, 0) is 0 Å². The van der Waals surface area contributed by atoms with E-state index in [2.05, 4.69) is 0 Å². The van der Waals surface area contributed by atoms with Crippen LogP contribution in [0.15, 0.2) is 0 Å². The summed E-state index contributed by atoms with van der Waals surface area (Å²) >= 11 is 0. The van der Waals surface area contributed by atoms with Crippen LogP contribution in [0, 0.1) is 0 Å². The van der Waals surface area contributed by atoms with Gasteiger partial charge in [0.2, 0.25) is 0 Å². The Kier molecular flexibility index (Phi) is 38.8. The van der Waals surface area contributed by atoms with Gasteiger partial charge in [0, 0.05) is 0 Å². The molecule has 0 rings (SSSR count). The number of hydrogen-bond acceptors (Lipinski definition) is 6. The van der Waals surface area contributed by atoms with Crippen molar-refractivity contribution in [3.8, 4) is 0 Å². The Morgan fingerprint density at radius 1 is 0.600 bits per heavy atom. The van der Waals surface area contributed by atoms with Crippen LogP contribution in [0.5, 0.6) is 0 Å². The molecule has 0 aliphatic carbocycles. The smallest absolute Gasteiger partial charge is 1.00 e. The molecule has 0 aromatic heterocycles. The summed E-state index contributed by atoms with van der Waals surface area (Å²) in [6.45, 7) is 0. The van der Waals surface area contributed by atoms with Gasteiger partial charge >= 0.3 is 73.8 Å². The average Bonchev–Trinajstić information content (AvgIpc) is 1.25. The molecule has 10 heavy (non-hydrogen) atoms. The first-order chi connectivity index (χ1) is 3.46. The zero-order valence-corrected chi connectivity index (χ0v) is 9.84. The minimum Gasteiger partial charge on any atom is -1.00 e. The molecular weight excluding hydrogens is 164 g/mol. The maximum Gasteiger partial charge on any atom is 1.00 e. The zero-order chi connectivity index (χ0) is 7.15. The predicted molar refractivity (Wildman–Crippen MR) is 27.0 cm³/mol. The normalized spacial score (nSPS) is 5.40. The summed E-state index contributed by atoms with van der Waals surface area (Å²) in [7, 11) is -4.33. The monoisotopic (exact) mass is 172 g/mol. The number of hydrogen-bond donors (Lipinski definition) is 6. The summed E-state index contributed by atoms with van der Waals surface area (Å²) in [6.07, 6.45) is 0. The molecule has 0 aliphatic rings. The van der Waals surface area contributed by atoms with Gasteiger partial charge in [-0.25, -0.2) is 0 Å². The van der Waals surface area contributed by atoms with Gasteiger partial charge in [-0.3, -0.25) is 0 Å². The van der Waals surface area contributed by atoms with Crippen LogP contribution < -0.4 is 59.1 Å². The molecule has 0 aliphatic heterocycles. The van der Waals surface area contributed by atoms with E-state index in [0.29, 0.717) is 0 Å². The standard InChI is InChI=1S/2BH3O3.2Na.2H/c2*2-1(3)4;;;;/h2*2-4H;;;;/q;;2*+1;2*-1. The Morgan fingerprint density at radius 3 is 0.600 bits per heavy atom. The first-order valence-corrected chi connectivity index (χ1v) is 1.55. The average molecular weight is 172 g/mol. The molecule has 0 saturated carbocycles. The van der Waals surface area contributed by atoms with Gasteiger partial charge in [0.05, 0.1) is 0 Å². The SMILES string of the molecule is OB(O)O.OB(O)O.[H-].[H-].[Na+].[Na+]. The molecule has 0 fully saturated rings. The van der Waals surface area contributed by atoms with Gasteiger partial charge in [0.1, 0.15) is 0 Å². The molecule has 0 atom stereocenters. The molecule has 0 aromatic carbocycles. The minimum absolute atomic E-state index is 0. The summed E-state index contributed by atoms with van der Waals surface area (Å²) < 4.78 is 0. The fraction of sp³-hybridized carbons (Fsp3) is 0. The van der Waals surface area contributed by atoms with Crippen LogP contribution in [0.3, 0.4) is 0 Å². The molecular formula is H8B2Na2O6. The quantitative estimate of drug-likeness (QED) is 0.201. The van der Waals surface area contributed by atoms with Crippen LogP contribution in [0.4, 0.5) is 0 Å². The third-order valence-electron chi connectivity index (χ3n) is 0. The van der Waals surface area contributed by atoms with Crippen molar-refractivity contribution < 1.29 is 92.1 Å². The second-order valence-electron chi connectivity index (χ2n) is 0.693. The molecule has 0 radical (unpaired) electrons.